The molecule has 3 aromatic rings. The van der Waals surface area contributed by atoms with E-state index in [1.165, 1.54) is 0 Å². The zero-order valence-corrected chi connectivity index (χ0v) is 17.8. The van der Waals surface area contributed by atoms with Crippen LogP contribution in [0.3, 0.4) is 0 Å². The lowest BCUT2D eigenvalue weighted by molar-refractivity contribution is 0.101. The average molecular weight is 402 g/mol. The Balaban J connectivity index is 1.53. The average Bonchev–Trinajstić information content (AvgIpc) is 3.16. The van der Waals surface area contributed by atoms with Gasteiger partial charge >= 0.3 is 0 Å². The number of carbonyl (C=O) groups is 1. The summed E-state index contributed by atoms with van der Waals surface area (Å²) in [5, 5.41) is 10.4. The molecule has 0 bridgehead atoms. The normalized spacial score (nSPS) is 15.3. The predicted octanol–water partition coefficient (Wildman–Crippen LogP) is 4.41. The van der Waals surface area contributed by atoms with Crippen molar-refractivity contribution in [1.82, 2.24) is 9.55 Å². The number of aromatic nitrogens is 2. The van der Waals surface area contributed by atoms with Crippen LogP contribution in [-0.4, -0.2) is 41.5 Å². The molecule has 0 unspecified atom stereocenters. The van der Waals surface area contributed by atoms with Gasteiger partial charge in [-0.3, -0.25) is 4.79 Å². The van der Waals surface area contributed by atoms with Crippen LogP contribution in [0.4, 0.5) is 11.5 Å². The van der Waals surface area contributed by atoms with Crippen molar-refractivity contribution < 1.29 is 4.79 Å². The summed E-state index contributed by atoms with van der Waals surface area (Å²) in [5.41, 5.74) is 3.46. The van der Waals surface area contributed by atoms with Gasteiger partial charge in [0.2, 0.25) is 0 Å². The Hall–Kier alpha value is -3.33. The maximum Gasteiger partial charge on any atom is 0.159 e. The maximum absolute atomic E-state index is 11.5. The predicted molar refractivity (Wildman–Crippen MR) is 120 cm³/mol. The topological polar surface area (TPSA) is 65.2 Å². The zero-order valence-electron chi connectivity index (χ0n) is 17.8. The first-order valence-corrected chi connectivity index (χ1v) is 10.5. The van der Waals surface area contributed by atoms with Gasteiger partial charge in [-0.2, -0.15) is 5.26 Å². The highest BCUT2D eigenvalue weighted by Gasteiger charge is 2.20. The van der Waals surface area contributed by atoms with E-state index in [9.17, 15) is 10.1 Å². The Labute approximate surface area is 177 Å². The molecule has 154 valence electrons. The molecule has 2 aromatic heterocycles. The van der Waals surface area contributed by atoms with Crippen molar-refractivity contribution in [3.63, 3.8) is 0 Å². The SMILES string of the molecule is CC[C@H](C)n1cc(C#N)c2ccc(N3CCN(c4ccc(C(C)=O)cc4)CC3)nc21. The van der Waals surface area contributed by atoms with Crippen LogP contribution >= 0.6 is 0 Å². The molecule has 3 heterocycles. The third-order valence-electron chi connectivity index (χ3n) is 6.09. The molecule has 0 spiro atoms. The first kappa shape index (κ1) is 20.0. The summed E-state index contributed by atoms with van der Waals surface area (Å²) in [5.74, 6) is 1.05. The van der Waals surface area contributed by atoms with E-state index >= 15 is 0 Å². The number of fused-ring (bicyclic) bond motifs is 1. The van der Waals surface area contributed by atoms with Crippen LogP contribution in [-0.2, 0) is 0 Å². The first-order valence-electron chi connectivity index (χ1n) is 10.5. The van der Waals surface area contributed by atoms with Crippen LogP contribution < -0.4 is 9.80 Å². The molecule has 6 nitrogen and oxygen atoms in total. The Morgan fingerprint density at radius 2 is 1.77 bits per heavy atom. The van der Waals surface area contributed by atoms with Crippen molar-refractivity contribution in [3.05, 3.63) is 53.7 Å². The van der Waals surface area contributed by atoms with Gasteiger partial charge in [0, 0.05) is 55.1 Å². The molecule has 1 saturated heterocycles. The van der Waals surface area contributed by atoms with E-state index in [-0.39, 0.29) is 5.78 Å². The van der Waals surface area contributed by atoms with Crippen LogP contribution in [0.15, 0.2) is 42.6 Å². The summed E-state index contributed by atoms with van der Waals surface area (Å²) in [6, 6.07) is 14.5. The van der Waals surface area contributed by atoms with Crippen LogP contribution in [0.25, 0.3) is 11.0 Å². The molecule has 1 aliphatic rings. The lowest BCUT2D eigenvalue weighted by atomic mass is 10.1. The van der Waals surface area contributed by atoms with Crippen molar-refractivity contribution >= 4 is 28.3 Å². The summed E-state index contributed by atoms with van der Waals surface area (Å²) in [7, 11) is 0. The van der Waals surface area contributed by atoms with Crippen LogP contribution in [0.2, 0.25) is 0 Å². The van der Waals surface area contributed by atoms with Gasteiger partial charge < -0.3 is 14.4 Å². The van der Waals surface area contributed by atoms with Gasteiger partial charge in [0.25, 0.3) is 0 Å². The third-order valence-corrected chi connectivity index (χ3v) is 6.09. The molecule has 1 aliphatic heterocycles. The monoisotopic (exact) mass is 401 g/mol. The zero-order chi connectivity index (χ0) is 21.3. The Kier molecular flexibility index (Phi) is 5.45. The lowest BCUT2D eigenvalue weighted by Gasteiger charge is -2.36. The number of carbonyl (C=O) groups excluding carboxylic acids is 1. The summed E-state index contributed by atoms with van der Waals surface area (Å²) in [6.07, 6.45) is 2.92. The molecule has 1 aromatic carbocycles. The van der Waals surface area contributed by atoms with E-state index in [4.69, 9.17) is 4.98 Å². The highest BCUT2D eigenvalue weighted by atomic mass is 16.1. The molecule has 0 N–H and O–H groups in total. The largest absolute Gasteiger partial charge is 0.368 e. The number of anilines is 2. The molecule has 0 radical (unpaired) electrons. The number of hydrogen-bond acceptors (Lipinski definition) is 5. The highest BCUT2D eigenvalue weighted by molar-refractivity contribution is 5.94. The van der Waals surface area contributed by atoms with Crippen molar-refractivity contribution in [1.29, 1.82) is 5.26 Å². The van der Waals surface area contributed by atoms with Gasteiger partial charge in [0.05, 0.1) is 5.56 Å². The molecule has 1 atom stereocenters. The third kappa shape index (κ3) is 3.63. The summed E-state index contributed by atoms with van der Waals surface area (Å²) in [4.78, 5) is 21.1. The van der Waals surface area contributed by atoms with Crippen molar-refractivity contribution in [2.45, 2.75) is 33.2 Å². The minimum atomic E-state index is 0.0922. The standard InChI is InChI=1S/C24H27N5O/c1-4-17(2)29-16-20(15-25)22-9-10-23(26-24(22)29)28-13-11-27(12-14-28)21-7-5-19(6-8-21)18(3)30/h5-10,16-17H,4,11-14H2,1-3H3/t17-/m0/s1. The van der Waals surface area contributed by atoms with Crippen molar-refractivity contribution in [2.24, 2.45) is 0 Å². The number of rotatable bonds is 5. The van der Waals surface area contributed by atoms with E-state index in [0.29, 0.717) is 11.6 Å². The fourth-order valence-corrected chi connectivity index (χ4v) is 4.01. The number of benzene rings is 1. The fraction of sp³-hybridized carbons (Fsp3) is 0.375. The Bertz CT molecular complexity index is 1100. The number of hydrogen-bond donors (Lipinski definition) is 0. The fourth-order valence-electron chi connectivity index (χ4n) is 4.01. The van der Waals surface area contributed by atoms with E-state index in [0.717, 1.165) is 60.7 Å². The second kappa shape index (κ2) is 8.19. The molecular weight excluding hydrogens is 374 g/mol. The van der Waals surface area contributed by atoms with Crippen LogP contribution in [0.1, 0.15) is 49.2 Å². The van der Waals surface area contributed by atoms with Crippen LogP contribution in [0.5, 0.6) is 0 Å². The summed E-state index contributed by atoms with van der Waals surface area (Å²) < 4.78 is 2.13. The smallest absolute Gasteiger partial charge is 0.159 e. The minimum Gasteiger partial charge on any atom is -0.368 e. The van der Waals surface area contributed by atoms with Gasteiger partial charge in [-0.15, -0.1) is 0 Å². The van der Waals surface area contributed by atoms with Gasteiger partial charge in [0.1, 0.15) is 17.5 Å². The number of nitriles is 1. The van der Waals surface area contributed by atoms with E-state index in [1.807, 2.05) is 42.6 Å². The van der Waals surface area contributed by atoms with Crippen molar-refractivity contribution in [2.75, 3.05) is 36.0 Å². The van der Waals surface area contributed by atoms with Gasteiger partial charge in [0.15, 0.2) is 5.78 Å². The number of piperazine rings is 1. The number of ketones is 1. The summed E-state index contributed by atoms with van der Waals surface area (Å²) >= 11 is 0. The van der Waals surface area contributed by atoms with Gasteiger partial charge in [-0.25, -0.2) is 4.98 Å². The Morgan fingerprint density at radius 1 is 1.10 bits per heavy atom. The number of pyridine rings is 1. The lowest BCUT2D eigenvalue weighted by Crippen LogP contribution is -2.46. The molecule has 0 saturated carbocycles. The number of Topliss-reactive ketones (excluding diaryl/α,β-unsaturated/α-hetero) is 1. The van der Waals surface area contributed by atoms with E-state index in [1.54, 1.807) is 6.92 Å². The number of nitrogens with zero attached hydrogens (tertiary/aromatic N) is 5. The molecule has 0 amide bonds. The molecule has 1 fully saturated rings. The summed E-state index contributed by atoms with van der Waals surface area (Å²) in [6.45, 7) is 9.45. The van der Waals surface area contributed by atoms with Crippen molar-refractivity contribution in [3.8, 4) is 6.07 Å². The minimum absolute atomic E-state index is 0.0922. The van der Waals surface area contributed by atoms with Crippen LogP contribution in [0, 0.1) is 11.3 Å². The molecule has 6 heteroatoms. The quantitative estimate of drug-likeness (QED) is 0.593. The molecule has 30 heavy (non-hydrogen) atoms. The Morgan fingerprint density at radius 3 is 2.37 bits per heavy atom. The first-order chi connectivity index (χ1) is 14.5. The highest BCUT2D eigenvalue weighted by Crippen LogP contribution is 2.27. The second-order valence-corrected chi connectivity index (χ2v) is 7.94. The molecular formula is C24H27N5O. The van der Waals surface area contributed by atoms with Gasteiger partial charge in [-0.1, -0.05) is 6.92 Å². The van der Waals surface area contributed by atoms with E-state index < -0.39 is 0 Å². The van der Waals surface area contributed by atoms with Gasteiger partial charge in [-0.05, 0) is 56.7 Å². The molecule has 4 rings (SSSR count). The van der Waals surface area contributed by atoms with E-state index in [2.05, 4.69) is 34.3 Å². The maximum atomic E-state index is 11.5. The second-order valence-electron chi connectivity index (χ2n) is 7.94. The molecule has 0 aliphatic carbocycles.